The van der Waals surface area contributed by atoms with Gasteiger partial charge in [0.1, 0.15) is 5.82 Å². The maximum atomic E-state index is 13.2. The van der Waals surface area contributed by atoms with Crippen LogP contribution in [-0.2, 0) is 4.74 Å². The Hall–Kier alpha value is -2.56. The van der Waals surface area contributed by atoms with E-state index in [1.165, 1.54) is 19.2 Å². The number of carbonyl (C=O) groups excluding carboxylic acids is 1. The monoisotopic (exact) mass is 288 g/mol. The summed E-state index contributed by atoms with van der Waals surface area (Å²) in [5.74, 6) is -0.721. The van der Waals surface area contributed by atoms with E-state index >= 15 is 0 Å². The molecule has 110 valence electrons. The van der Waals surface area contributed by atoms with Crippen LogP contribution in [0.5, 0.6) is 0 Å². The van der Waals surface area contributed by atoms with Crippen molar-refractivity contribution >= 4 is 17.3 Å². The van der Waals surface area contributed by atoms with Crippen LogP contribution in [0.2, 0.25) is 0 Å². The molecule has 2 rings (SSSR count). The lowest BCUT2D eigenvalue weighted by Crippen LogP contribution is -2.10. The molecule has 5 heteroatoms. The number of nitrogens with one attached hydrogen (secondary N) is 1. The van der Waals surface area contributed by atoms with Crippen LogP contribution in [-0.4, -0.2) is 13.1 Å². The van der Waals surface area contributed by atoms with E-state index in [9.17, 15) is 9.18 Å². The van der Waals surface area contributed by atoms with E-state index in [-0.39, 0.29) is 11.9 Å². The zero-order chi connectivity index (χ0) is 15.4. The van der Waals surface area contributed by atoms with Crippen LogP contribution < -0.4 is 11.1 Å². The van der Waals surface area contributed by atoms with E-state index in [4.69, 9.17) is 5.73 Å². The van der Waals surface area contributed by atoms with Crippen LogP contribution in [0, 0.1) is 5.82 Å². The summed E-state index contributed by atoms with van der Waals surface area (Å²) >= 11 is 0. The van der Waals surface area contributed by atoms with Gasteiger partial charge >= 0.3 is 5.97 Å². The highest BCUT2D eigenvalue weighted by Gasteiger charge is 2.11. The van der Waals surface area contributed by atoms with Gasteiger partial charge < -0.3 is 15.8 Å². The van der Waals surface area contributed by atoms with Crippen LogP contribution in [0.15, 0.2) is 42.5 Å². The fourth-order valence-corrected chi connectivity index (χ4v) is 2.03. The maximum absolute atomic E-state index is 13.2. The zero-order valence-electron chi connectivity index (χ0n) is 11.9. The molecule has 0 bridgehead atoms. The third-order valence-electron chi connectivity index (χ3n) is 3.19. The summed E-state index contributed by atoms with van der Waals surface area (Å²) in [5, 5.41) is 3.19. The first-order chi connectivity index (χ1) is 10.0. The fourth-order valence-electron chi connectivity index (χ4n) is 2.03. The van der Waals surface area contributed by atoms with Gasteiger partial charge in [-0.1, -0.05) is 12.1 Å². The van der Waals surface area contributed by atoms with Crippen LogP contribution in [0.4, 0.5) is 15.8 Å². The first kappa shape index (κ1) is 14.8. The molecule has 0 spiro atoms. The third-order valence-corrected chi connectivity index (χ3v) is 3.19. The number of anilines is 2. The Morgan fingerprint density at radius 2 is 2.05 bits per heavy atom. The molecule has 4 nitrogen and oxygen atoms in total. The molecule has 0 amide bonds. The minimum atomic E-state index is -0.438. The van der Waals surface area contributed by atoms with Gasteiger partial charge in [0, 0.05) is 6.04 Å². The Kier molecular flexibility index (Phi) is 4.42. The van der Waals surface area contributed by atoms with E-state index in [2.05, 4.69) is 10.1 Å². The summed E-state index contributed by atoms with van der Waals surface area (Å²) < 4.78 is 17.9. The van der Waals surface area contributed by atoms with E-state index < -0.39 is 5.97 Å². The lowest BCUT2D eigenvalue weighted by molar-refractivity contribution is 0.0601. The zero-order valence-corrected chi connectivity index (χ0v) is 11.9. The summed E-state index contributed by atoms with van der Waals surface area (Å²) in [5.41, 5.74) is 8.24. The summed E-state index contributed by atoms with van der Waals surface area (Å²) in [6.45, 7) is 1.91. The topological polar surface area (TPSA) is 64.3 Å². The molecule has 1 unspecified atom stereocenters. The van der Waals surface area contributed by atoms with Crippen molar-refractivity contribution in [2.24, 2.45) is 0 Å². The Bertz CT molecular complexity index is 658. The van der Waals surface area contributed by atoms with Crippen molar-refractivity contribution in [3.63, 3.8) is 0 Å². The normalized spacial score (nSPS) is 11.8. The molecule has 0 fully saturated rings. The summed E-state index contributed by atoms with van der Waals surface area (Å²) in [6, 6.07) is 11.1. The van der Waals surface area contributed by atoms with E-state index in [1.807, 2.05) is 13.0 Å². The highest BCUT2D eigenvalue weighted by atomic mass is 19.1. The fraction of sp³-hybridized carbons (Fsp3) is 0.188. The number of ether oxygens (including phenoxy) is 1. The quantitative estimate of drug-likeness (QED) is 0.669. The lowest BCUT2D eigenvalue weighted by atomic mass is 10.1. The number of hydrogen-bond donors (Lipinski definition) is 2. The average Bonchev–Trinajstić information content (AvgIpc) is 2.48. The van der Waals surface area contributed by atoms with Gasteiger partial charge in [0.05, 0.1) is 24.0 Å². The van der Waals surface area contributed by atoms with Crippen molar-refractivity contribution in [3.8, 4) is 0 Å². The number of carbonyl (C=O) groups is 1. The molecule has 0 aromatic heterocycles. The molecule has 1 atom stereocenters. The van der Waals surface area contributed by atoms with Crippen molar-refractivity contribution < 1.29 is 13.9 Å². The van der Waals surface area contributed by atoms with Crippen molar-refractivity contribution in [1.29, 1.82) is 0 Å². The summed E-state index contributed by atoms with van der Waals surface area (Å²) in [7, 11) is 1.32. The largest absolute Gasteiger partial charge is 0.465 e. The molecule has 0 saturated heterocycles. The van der Waals surface area contributed by atoms with Gasteiger partial charge in [-0.2, -0.15) is 0 Å². The van der Waals surface area contributed by atoms with Gasteiger partial charge in [0.25, 0.3) is 0 Å². The maximum Gasteiger partial charge on any atom is 0.337 e. The van der Waals surface area contributed by atoms with Crippen molar-refractivity contribution in [1.82, 2.24) is 0 Å². The van der Waals surface area contributed by atoms with E-state index in [0.29, 0.717) is 16.9 Å². The molecule has 3 N–H and O–H groups in total. The van der Waals surface area contributed by atoms with Gasteiger partial charge in [-0.05, 0) is 42.8 Å². The van der Waals surface area contributed by atoms with Gasteiger partial charge in [-0.15, -0.1) is 0 Å². The summed E-state index contributed by atoms with van der Waals surface area (Å²) in [6.07, 6.45) is 0. The SMILES string of the molecule is COC(=O)c1ccc(NC(C)c2cccc(F)c2)c(N)c1. The summed E-state index contributed by atoms with van der Waals surface area (Å²) in [4.78, 5) is 11.4. The molecule has 21 heavy (non-hydrogen) atoms. The van der Waals surface area contributed by atoms with Crippen LogP contribution in [0.3, 0.4) is 0 Å². The minimum absolute atomic E-state index is 0.119. The van der Waals surface area contributed by atoms with Crippen molar-refractivity contribution in [3.05, 3.63) is 59.4 Å². The number of nitrogen functional groups attached to an aromatic ring is 1. The van der Waals surface area contributed by atoms with Gasteiger partial charge in [0.2, 0.25) is 0 Å². The Morgan fingerprint density at radius 3 is 2.67 bits per heavy atom. The van der Waals surface area contributed by atoms with Gasteiger partial charge in [0.15, 0.2) is 0 Å². The number of rotatable bonds is 4. The average molecular weight is 288 g/mol. The molecule has 0 aliphatic rings. The predicted octanol–water partition coefficient (Wildman–Crippen LogP) is 3.37. The van der Waals surface area contributed by atoms with Crippen LogP contribution in [0.25, 0.3) is 0 Å². The molecule has 0 radical (unpaired) electrons. The lowest BCUT2D eigenvalue weighted by Gasteiger charge is -2.17. The number of hydrogen-bond acceptors (Lipinski definition) is 4. The Balaban J connectivity index is 2.18. The number of nitrogens with two attached hydrogens (primary N) is 1. The number of esters is 1. The van der Waals surface area contributed by atoms with E-state index in [0.717, 1.165) is 5.56 Å². The second kappa shape index (κ2) is 6.26. The smallest absolute Gasteiger partial charge is 0.337 e. The molecule has 0 heterocycles. The Morgan fingerprint density at radius 1 is 1.29 bits per heavy atom. The standard InChI is InChI=1S/C16H17FN2O2/c1-10(11-4-3-5-13(17)8-11)19-15-7-6-12(9-14(15)18)16(20)21-2/h3-10,19H,18H2,1-2H3. The number of methoxy groups -OCH3 is 1. The molecule has 0 aliphatic heterocycles. The van der Waals surface area contributed by atoms with Crippen molar-refractivity contribution in [2.75, 3.05) is 18.2 Å². The number of halogens is 1. The molecular weight excluding hydrogens is 271 g/mol. The molecule has 0 saturated carbocycles. The minimum Gasteiger partial charge on any atom is -0.465 e. The third kappa shape index (κ3) is 3.51. The van der Waals surface area contributed by atoms with Crippen molar-refractivity contribution in [2.45, 2.75) is 13.0 Å². The second-order valence-electron chi connectivity index (χ2n) is 4.71. The number of benzene rings is 2. The van der Waals surface area contributed by atoms with Crippen LogP contribution >= 0.6 is 0 Å². The second-order valence-corrected chi connectivity index (χ2v) is 4.71. The van der Waals surface area contributed by atoms with Crippen LogP contribution in [0.1, 0.15) is 28.9 Å². The molecular formula is C16H17FN2O2. The predicted molar refractivity (Wildman–Crippen MR) is 80.6 cm³/mol. The molecule has 2 aromatic rings. The van der Waals surface area contributed by atoms with E-state index in [1.54, 1.807) is 24.3 Å². The molecule has 2 aromatic carbocycles. The highest BCUT2D eigenvalue weighted by molar-refractivity contribution is 5.91. The van der Waals surface area contributed by atoms with Gasteiger partial charge in [-0.3, -0.25) is 0 Å². The first-order valence-electron chi connectivity index (χ1n) is 6.51. The first-order valence-corrected chi connectivity index (χ1v) is 6.51. The Labute approximate surface area is 122 Å². The molecule has 0 aliphatic carbocycles. The van der Waals surface area contributed by atoms with Gasteiger partial charge in [-0.25, -0.2) is 9.18 Å². The highest BCUT2D eigenvalue weighted by Crippen LogP contribution is 2.25.